The number of hydrogen-bond donors (Lipinski definition) is 2. The second-order valence-corrected chi connectivity index (χ2v) is 9.44. The van der Waals surface area contributed by atoms with Crippen molar-refractivity contribution in [3.63, 3.8) is 0 Å². The summed E-state index contributed by atoms with van der Waals surface area (Å²) in [5.74, 6) is -0.0211. The Balaban J connectivity index is 1.66. The normalized spacial score (nSPS) is 20.4. The lowest BCUT2D eigenvalue weighted by molar-refractivity contribution is -0.139. The Morgan fingerprint density at radius 3 is 2.30 bits per heavy atom. The van der Waals surface area contributed by atoms with Crippen LogP contribution in [0.2, 0.25) is 0 Å². The number of nitrogens with zero attached hydrogens (tertiary/aromatic N) is 2. The SMILES string of the molecule is CC(C(=O)NC1CCCC1)N1CCN(c2ccc(S(N)(=O)=O)c(C(F)(F)F)c2)CC1. The Kier molecular flexibility index (Phi) is 6.63. The van der Waals surface area contributed by atoms with Crippen molar-refractivity contribution in [1.82, 2.24) is 10.2 Å². The zero-order chi connectivity index (χ0) is 22.1. The maximum Gasteiger partial charge on any atom is 0.417 e. The molecule has 0 bridgehead atoms. The van der Waals surface area contributed by atoms with Crippen molar-refractivity contribution < 1.29 is 26.4 Å². The smallest absolute Gasteiger partial charge is 0.369 e. The number of primary sulfonamides is 1. The van der Waals surface area contributed by atoms with Gasteiger partial charge in [-0.05, 0) is 38.0 Å². The van der Waals surface area contributed by atoms with Gasteiger partial charge in [-0.2, -0.15) is 13.2 Å². The van der Waals surface area contributed by atoms with Crippen LogP contribution in [0, 0.1) is 0 Å². The van der Waals surface area contributed by atoms with Crippen LogP contribution in [0.4, 0.5) is 18.9 Å². The molecule has 168 valence electrons. The first-order chi connectivity index (χ1) is 14.0. The molecule has 1 aromatic carbocycles. The molecular formula is C19H27F3N4O3S. The van der Waals surface area contributed by atoms with E-state index < -0.39 is 26.7 Å². The average Bonchev–Trinajstić information content (AvgIpc) is 3.18. The monoisotopic (exact) mass is 448 g/mol. The number of anilines is 1. The summed E-state index contributed by atoms with van der Waals surface area (Å²) in [6.07, 6.45) is -0.582. The van der Waals surface area contributed by atoms with Crippen LogP contribution in [0.25, 0.3) is 0 Å². The van der Waals surface area contributed by atoms with Crippen LogP contribution in [0.5, 0.6) is 0 Å². The summed E-state index contributed by atoms with van der Waals surface area (Å²) < 4.78 is 63.1. The van der Waals surface area contributed by atoms with Gasteiger partial charge in [0.2, 0.25) is 15.9 Å². The minimum Gasteiger partial charge on any atom is -0.369 e. The van der Waals surface area contributed by atoms with Gasteiger partial charge in [-0.25, -0.2) is 13.6 Å². The lowest BCUT2D eigenvalue weighted by Crippen LogP contribution is -2.54. The van der Waals surface area contributed by atoms with Crippen LogP contribution >= 0.6 is 0 Å². The number of piperazine rings is 1. The third-order valence-corrected chi connectivity index (χ3v) is 6.85. The molecule has 1 aliphatic heterocycles. The van der Waals surface area contributed by atoms with Crippen molar-refractivity contribution in [2.45, 2.75) is 55.8 Å². The molecule has 0 aromatic heterocycles. The number of nitrogens with two attached hydrogens (primary N) is 1. The molecule has 1 amide bonds. The summed E-state index contributed by atoms with van der Waals surface area (Å²) in [6.45, 7) is 3.71. The first-order valence-corrected chi connectivity index (χ1v) is 11.5. The molecule has 1 aromatic rings. The van der Waals surface area contributed by atoms with E-state index in [0.29, 0.717) is 26.2 Å². The maximum absolute atomic E-state index is 13.4. The number of sulfonamides is 1. The largest absolute Gasteiger partial charge is 0.417 e. The van der Waals surface area contributed by atoms with Gasteiger partial charge in [-0.3, -0.25) is 9.69 Å². The average molecular weight is 449 g/mol. The number of hydrogen-bond acceptors (Lipinski definition) is 5. The highest BCUT2D eigenvalue weighted by molar-refractivity contribution is 7.89. The second kappa shape index (κ2) is 8.72. The molecule has 1 atom stereocenters. The first-order valence-electron chi connectivity index (χ1n) is 10.0. The third-order valence-electron chi connectivity index (χ3n) is 5.88. The summed E-state index contributed by atoms with van der Waals surface area (Å²) >= 11 is 0. The van der Waals surface area contributed by atoms with Gasteiger partial charge in [-0.1, -0.05) is 12.8 Å². The summed E-state index contributed by atoms with van der Waals surface area (Å²) in [5.41, 5.74) is -0.994. The van der Waals surface area contributed by atoms with E-state index in [1.165, 1.54) is 6.07 Å². The van der Waals surface area contributed by atoms with Crippen LogP contribution in [-0.4, -0.2) is 57.5 Å². The molecule has 1 saturated heterocycles. The molecule has 2 fully saturated rings. The zero-order valence-electron chi connectivity index (χ0n) is 16.8. The Labute approximate surface area is 174 Å². The standard InChI is InChI=1S/C19H27F3N4O3S/c1-13(18(27)24-14-4-2-3-5-14)25-8-10-26(11-9-25)15-6-7-17(30(23,28)29)16(12-15)19(20,21)22/h6-7,12-14H,2-5,8-11H2,1H3,(H,24,27)(H2,23,28,29). The van der Waals surface area contributed by atoms with Crippen molar-refractivity contribution in [2.75, 3.05) is 31.1 Å². The van der Waals surface area contributed by atoms with E-state index in [1.807, 2.05) is 11.8 Å². The molecule has 0 radical (unpaired) electrons. The van der Waals surface area contributed by atoms with Gasteiger partial charge in [0.15, 0.2) is 0 Å². The summed E-state index contributed by atoms with van der Waals surface area (Å²) in [4.78, 5) is 15.3. The van der Waals surface area contributed by atoms with Crippen LogP contribution in [0.1, 0.15) is 38.2 Å². The van der Waals surface area contributed by atoms with Crippen LogP contribution in [0.3, 0.4) is 0 Å². The minimum absolute atomic E-state index is 0.0211. The molecule has 7 nitrogen and oxygen atoms in total. The fourth-order valence-electron chi connectivity index (χ4n) is 4.11. The number of carbonyl (C=O) groups is 1. The fraction of sp³-hybridized carbons (Fsp3) is 0.632. The molecule has 1 unspecified atom stereocenters. The predicted molar refractivity (Wildman–Crippen MR) is 106 cm³/mol. The second-order valence-electron chi connectivity index (χ2n) is 7.91. The molecule has 30 heavy (non-hydrogen) atoms. The quantitative estimate of drug-likeness (QED) is 0.718. The van der Waals surface area contributed by atoms with Crippen molar-refractivity contribution in [2.24, 2.45) is 5.14 Å². The van der Waals surface area contributed by atoms with E-state index in [-0.39, 0.29) is 23.7 Å². The molecule has 1 saturated carbocycles. The van der Waals surface area contributed by atoms with Crippen LogP contribution < -0.4 is 15.4 Å². The van der Waals surface area contributed by atoms with Gasteiger partial charge < -0.3 is 10.2 Å². The first kappa shape index (κ1) is 22.8. The number of benzene rings is 1. The lowest BCUT2D eigenvalue weighted by atomic mass is 10.1. The van der Waals surface area contributed by atoms with Crippen LogP contribution in [0.15, 0.2) is 23.1 Å². The van der Waals surface area contributed by atoms with Gasteiger partial charge >= 0.3 is 6.18 Å². The summed E-state index contributed by atoms with van der Waals surface area (Å²) in [5, 5.41) is 8.01. The van der Waals surface area contributed by atoms with Gasteiger partial charge in [-0.15, -0.1) is 0 Å². The fourth-order valence-corrected chi connectivity index (χ4v) is 4.85. The third kappa shape index (κ3) is 5.25. The molecule has 3 rings (SSSR count). The van der Waals surface area contributed by atoms with Crippen molar-refractivity contribution in [3.8, 4) is 0 Å². The number of amides is 1. The Morgan fingerprint density at radius 2 is 1.77 bits per heavy atom. The molecular weight excluding hydrogens is 421 g/mol. The highest BCUT2D eigenvalue weighted by Gasteiger charge is 2.37. The molecule has 3 N–H and O–H groups in total. The molecule has 11 heteroatoms. The molecule has 2 aliphatic rings. The van der Waals surface area contributed by atoms with E-state index in [4.69, 9.17) is 5.14 Å². The Hall–Kier alpha value is -1.85. The number of nitrogens with one attached hydrogen (secondary N) is 1. The zero-order valence-corrected chi connectivity index (χ0v) is 17.6. The number of carbonyl (C=O) groups excluding carboxylic acids is 1. The maximum atomic E-state index is 13.4. The van der Waals surface area contributed by atoms with E-state index in [0.717, 1.165) is 37.8 Å². The van der Waals surface area contributed by atoms with E-state index in [9.17, 15) is 26.4 Å². The van der Waals surface area contributed by atoms with Gasteiger partial charge in [0, 0.05) is 37.9 Å². The van der Waals surface area contributed by atoms with Crippen LogP contribution in [-0.2, 0) is 21.0 Å². The molecule has 1 heterocycles. The molecule has 0 spiro atoms. The lowest BCUT2D eigenvalue weighted by Gasteiger charge is -2.39. The predicted octanol–water partition coefficient (Wildman–Crippen LogP) is 1.92. The van der Waals surface area contributed by atoms with Gasteiger partial charge in [0.05, 0.1) is 16.5 Å². The highest BCUT2D eigenvalue weighted by atomic mass is 32.2. The number of halogens is 3. The van der Waals surface area contributed by atoms with E-state index in [2.05, 4.69) is 5.32 Å². The number of rotatable bonds is 5. The molecule has 1 aliphatic carbocycles. The van der Waals surface area contributed by atoms with E-state index in [1.54, 1.807) is 4.90 Å². The summed E-state index contributed by atoms with van der Waals surface area (Å²) in [7, 11) is -4.49. The Morgan fingerprint density at radius 1 is 1.17 bits per heavy atom. The van der Waals surface area contributed by atoms with Crippen molar-refractivity contribution >= 4 is 21.6 Å². The van der Waals surface area contributed by atoms with Gasteiger partial charge in [0.25, 0.3) is 0 Å². The van der Waals surface area contributed by atoms with Crippen molar-refractivity contribution in [3.05, 3.63) is 23.8 Å². The Bertz CT molecular complexity index is 878. The number of alkyl halides is 3. The van der Waals surface area contributed by atoms with E-state index >= 15 is 0 Å². The summed E-state index contributed by atoms with van der Waals surface area (Å²) in [6, 6.07) is 2.98. The van der Waals surface area contributed by atoms with Gasteiger partial charge in [0.1, 0.15) is 0 Å². The van der Waals surface area contributed by atoms with Crippen molar-refractivity contribution in [1.29, 1.82) is 0 Å². The highest BCUT2D eigenvalue weighted by Crippen LogP contribution is 2.36. The topological polar surface area (TPSA) is 95.7 Å². The minimum atomic E-state index is -4.84.